The first-order valence-electron chi connectivity index (χ1n) is 5.80. The predicted molar refractivity (Wildman–Crippen MR) is 70.9 cm³/mol. The first-order chi connectivity index (χ1) is 8.24. The second kappa shape index (κ2) is 5.52. The van der Waals surface area contributed by atoms with Gasteiger partial charge in [-0.2, -0.15) is 5.26 Å². The molecule has 0 aromatic heterocycles. The molecule has 90 valence electrons. The van der Waals surface area contributed by atoms with Crippen LogP contribution in [0, 0.1) is 17.2 Å². The van der Waals surface area contributed by atoms with Gasteiger partial charge in [0.25, 0.3) is 0 Å². The van der Waals surface area contributed by atoms with Crippen LogP contribution in [0.5, 0.6) is 0 Å². The smallest absolute Gasteiger partial charge is 0.101 e. The van der Waals surface area contributed by atoms with Crippen molar-refractivity contribution < 1.29 is 5.11 Å². The van der Waals surface area contributed by atoms with Crippen molar-refractivity contribution in [3.63, 3.8) is 0 Å². The van der Waals surface area contributed by atoms with E-state index in [9.17, 15) is 5.11 Å². The van der Waals surface area contributed by atoms with Crippen LogP contribution in [-0.2, 0) is 0 Å². The predicted octanol–water partition coefficient (Wildman–Crippen LogP) is 2.53. The van der Waals surface area contributed by atoms with Crippen molar-refractivity contribution in [2.75, 3.05) is 24.6 Å². The number of aliphatic hydroxyl groups is 1. The highest BCUT2D eigenvalue weighted by Gasteiger charge is 2.21. The number of benzene rings is 1. The van der Waals surface area contributed by atoms with Crippen LogP contribution in [0.15, 0.2) is 22.7 Å². The summed E-state index contributed by atoms with van der Waals surface area (Å²) in [6.07, 6.45) is 2.15. The molecule has 0 radical (unpaired) electrons. The molecule has 3 nitrogen and oxygen atoms in total. The van der Waals surface area contributed by atoms with E-state index in [1.165, 1.54) is 0 Å². The average molecular weight is 295 g/mol. The molecule has 0 spiro atoms. The molecule has 1 aromatic rings. The van der Waals surface area contributed by atoms with Crippen molar-refractivity contribution in [1.82, 2.24) is 0 Å². The molecule has 1 aromatic carbocycles. The Balaban J connectivity index is 2.24. The maximum Gasteiger partial charge on any atom is 0.101 e. The van der Waals surface area contributed by atoms with Crippen LogP contribution in [0.1, 0.15) is 18.4 Å². The number of nitriles is 1. The largest absolute Gasteiger partial charge is 0.396 e. The maximum atomic E-state index is 9.23. The van der Waals surface area contributed by atoms with E-state index in [1.54, 1.807) is 0 Å². The van der Waals surface area contributed by atoms with Crippen LogP contribution in [0.3, 0.4) is 0 Å². The summed E-state index contributed by atoms with van der Waals surface area (Å²) in [5, 5.41) is 18.4. The Morgan fingerprint density at radius 3 is 3.06 bits per heavy atom. The quantitative estimate of drug-likeness (QED) is 0.912. The molecule has 0 amide bonds. The SMILES string of the molecule is N#Cc1cc(Br)ccc1N1CCCC(CO)C1. The van der Waals surface area contributed by atoms with E-state index >= 15 is 0 Å². The second-order valence-corrected chi connectivity index (χ2v) is 5.33. The Hall–Kier alpha value is -1.05. The number of piperidine rings is 1. The summed E-state index contributed by atoms with van der Waals surface area (Å²) in [6, 6.07) is 8.01. The summed E-state index contributed by atoms with van der Waals surface area (Å²) in [7, 11) is 0. The topological polar surface area (TPSA) is 47.3 Å². The minimum Gasteiger partial charge on any atom is -0.396 e. The molecule has 17 heavy (non-hydrogen) atoms. The molecule has 0 saturated carbocycles. The third-order valence-electron chi connectivity index (χ3n) is 3.20. The molecule has 4 heteroatoms. The molecule has 0 bridgehead atoms. The van der Waals surface area contributed by atoms with Gasteiger partial charge in [0, 0.05) is 24.2 Å². The van der Waals surface area contributed by atoms with E-state index in [4.69, 9.17) is 5.26 Å². The number of rotatable bonds is 2. The zero-order valence-corrected chi connectivity index (χ0v) is 11.2. The monoisotopic (exact) mass is 294 g/mol. The van der Waals surface area contributed by atoms with E-state index in [0.29, 0.717) is 11.5 Å². The van der Waals surface area contributed by atoms with Gasteiger partial charge in [0.05, 0.1) is 11.3 Å². The fourth-order valence-corrected chi connectivity index (χ4v) is 2.67. The summed E-state index contributed by atoms with van der Waals surface area (Å²) in [5.41, 5.74) is 1.67. The third kappa shape index (κ3) is 2.80. The molecular weight excluding hydrogens is 280 g/mol. The van der Waals surface area contributed by atoms with Crippen LogP contribution < -0.4 is 4.90 Å². The van der Waals surface area contributed by atoms with Gasteiger partial charge >= 0.3 is 0 Å². The van der Waals surface area contributed by atoms with Crippen molar-refractivity contribution >= 4 is 21.6 Å². The molecule has 1 fully saturated rings. The summed E-state index contributed by atoms with van der Waals surface area (Å²) >= 11 is 3.38. The molecule has 1 heterocycles. The lowest BCUT2D eigenvalue weighted by molar-refractivity contribution is 0.208. The summed E-state index contributed by atoms with van der Waals surface area (Å²) in [4.78, 5) is 2.20. The van der Waals surface area contributed by atoms with E-state index < -0.39 is 0 Å². The van der Waals surface area contributed by atoms with Crippen LogP contribution in [-0.4, -0.2) is 24.8 Å². The fraction of sp³-hybridized carbons (Fsp3) is 0.462. The highest BCUT2D eigenvalue weighted by atomic mass is 79.9. The van der Waals surface area contributed by atoms with E-state index in [-0.39, 0.29) is 6.61 Å². The Labute approximate surface area is 110 Å². The van der Waals surface area contributed by atoms with Gasteiger partial charge in [0.1, 0.15) is 6.07 Å². The lowest BCUT2D eigenvalue weighted by Crippen LogP contribution is -2.37. The Kier molecular flexibility index (Phi) is 4.03. The Bertz CT molecular complexity index is 442. The first-order valence-corrected chi connectivity index (χ1v) is 6.59. The molecular formula is C13H15BrN2O. The number of hydrogen-bond donors (Lipinski definition) is 1. The van der Waals surface area contributed by atoms with Crippen LogP contribution >= 0.6 is 15.9 Å². The van der Waals surface area contributed by atoms with Crippen molar-refractivity contribution in [3.8, 4) is 6.07 Å². The van der Waals surface area contributed by atoms with Gasteiger partial charge in [-0.05, 0) is 37.0 Å². The van der Waals surface area contributed by atoms with Gasteiger partial charge in [-0.15, -0.1) is 0 Å². The maximum absolute atomic E-state index is 9.23. The van der Waals surface area contributed by atoms with Crippen molar-refractivity contribution in [1.29, 1.82) is 5.26 Å². The number of hydrogen-bond acceptors (Lipinski definition) is 3. The molecule has 1 unspecified atom stereocenters. The standard InChI is InChI=1S/C13H15BrN2O/c14-12-3-4-13(11(6-12)7-15)16-5-1-2-10(8-16)9-17/h3-4,6,10,17H,1-2,5,8-9H2. The fourth-order valence-electron chi connectivity index (χ4n) is 2.31. The highest BCUT2D eigenvalue weighted by Crippen LogP contribution is 2.28. The molecule has 1 saturated heterocycles. The number of anilines is 1. The zero-order chi connectivity index (χ0) is 12.3. The van der Waals surface area contributed by atoms with E-state index in [2.05, 4.69) is 26.9 Å². The molecule has 1 N–H and O–H groups in total. The van der Waals surface area contributed by atoms with Gasteiger partial charge in [-0.1, -0.05) is 15.9 Å². The normalized spacial score (nSPS) is 20.1. The highest BCUT2D eigenvalue weighted by molar-refractivity contribution is 9.10. The Morgan fingerprint density at radius 1 is 1.53 bits per heavy atom. The number of aliphatic hydroxyl groups excluding tert-OH is 1. The van der Waals surface area contributed by atoms with Crippen LogP contribution in [0.4, 0.5) is 5.69 Å². The zero-order valence-electron chi connectivity index (χ0n) is 9.56. The van der Waals surface area contributed by atoms with Crippen molar-refractivity contribution in [2.45, 2.75) is 12.8 Å². The minimum atomic E-state index is 0.231. The third-order valence-corrected chi connectivity index (χ3v) is 3.69. The second-order valence-electron chi connectivity index (χ2n) is 4.41. The summed E-state index contributed by atoms with van der Waals surface area (Å²) in [5.74, 6) is 0.332. The van der Waals surface area contributed by atoms with Crippen molar-refractivity contribution in [2.24, 2.45) is 5.92 Å². The van der Waals surface area contributed by atoms with Gasteiger partial charge in [0.2, 0.25) is 0 Å². The summed E-state index contributed by atoms with van der Waals surface area (Å²) < 4.78 is 0.925. The molecule has 2 rings (SSSR count). The van der Waals surface area contributed by atoms with Gasteiger partial charge in [-0.3, -0.25) is 0 Å². The lowest BCUT2D eigenvalue weighted by Gasteiger charge is -2.34. The van der Waals surface area contributed by atoms with Gasteiger partial charge < -0.3 is 10.0 Å². The van der Waals surface area contributed by atoms with E-state index in [0.717, 1.165) is 36.1 Å². The van der Waals surface area contributed by atoms with Gasteiger partial charge in [-0.25, -0.2) is 0 Å². The molecule has 0 aliphatic carbocycles. The lowest BCUT2D eigenvalue weighted by atomic mass is 9.98. The van der Waals surface area contributed by atoms with Crippen LogP contribution in [0.25, 0.3) is 0 Å². The molecule has 1 atom stereocenters. The molecule has 1 aliphatic heterocycles. The van der Waals surface area contributed by atoms with Crippen LogP contribution in [0.2, 0.25) is 0 Å². The summed E-state index contributed by atoms with van der Waals surface area (Å²) in [6.45, 7) is 2.04. The van der Waals surface area contributed by atoms with Gasteiger partial charge in [0.15, 0.2) is 0 Å². The minimum absolute atomic E-state index is 0.231. The Morgan fingerprint density at radius 2 is 2.35 bits per heavy atom. The number of halogens is 1. The van der Waals surface area contributed by atoms with Crippen molar-refractivity contribution in [3.05, 3.63) is 28.2 Å². The van der Waals surface area contributed by atoms with E-state index in [1.807, 2.05) is 18.2 Å². The number of nitrogens with zero attached hydrogens (tertiary/aromatic N) is 2. The first kappa shape index (κ1) is 12.4. The average Bonchev–Trinajstić information content (AvgIpc) is 2.38. The molecule has 1 aliphatic rings.